The van der Waals surface area contributed by atoms with E-state index in [1.165, 1.54) is 35.4 Å². The Labute approximate surface area is 128 Å². The Bertz CT molecular complexity index is 565. The first-order valence-electron chi connectivity index (χ1n) is 7.77. The fraction of sp³-hybridized carbons (Fsp3) is 0.588. The summed E-state index contributed by atoms with van der Waals surface area (Å²) in [6.07, 6.45) is 5.60. The van der Waals surface area contributed by atoms with Crippen molar-refractivity contribution in [1.82, 2.24) is 19.7 Å². The third kappa shape index (κ3) is 4.66. The van der Waals surface area contributed by atoms with Crippen LogP contribution in [0.4, 0.5) is 0 Å². The van der Waals surface area contributed by atoms with E-state index in [0.29, 0.717) is 0 Å². The van der Waals surface area contributed by atoms with E-state index >= 15 is 0 Å². The molecular formula is C17H28N4. The van der Waals surface area contributed by atoms with Crippen LogP contribution in [0.1, 0.15) is 54.3 Å². The van der Waals surface area contributed by atoms with E-state index in [0.717, 1.165) is 17.9 Å². The highest BCUT2D eigenvalue weighted by molar-refractivity contribution is 5.28. The van der Waals surface area contributed by atoms with Crippen molar-refractivity contribution in [2.24, 2.45) is 7.05 Å². The zero-order valence-electron chi connectivity index (χ0n) is 14.5. The van der Waals surface area contributed by atoms with Gasteiger partial charge in [0.1, 0.15) is 5.82 Å². The Morgan fingerprint density at radius 3 is 2.10 bits per heavy atom. The lowest BCUT2D eigenvalue weighted by molar-refractivity contribution is 0.756. The highest BCUT2D eigenvalue weighted by atomic mass is 15.2. The minimum atomic E-state index is 0.920. The monoisotopic (exact) mass is 288 g/mol. The first-order valence-corrected chi connectivity index (χ1v) is 7.77. The largest absolute Gasteiger partial charge is 0.275 e. The summed E-state index contributed by atoms with van der Waals surface area (Å²) in [6.45, 7) is 12.1. The van der Waals surface area contributed by atoms with Gasteiger partial charge in [0.2, 0.25) is 0 Å². The number of nitrogens with zero attached hydrogens (tertiary/aromatic N) is 4. The maximum Gasteiger partial charge on any atom is 0.125 e. The molecule has 0 atom stereocenters. The van der Waals surface area contributed by atoms with Gasteiger partial charge >= 0.3 is 0 Å². The van der Waals surface area contributed by atoms with E-state index in [9.17, 15) is 0 Å². The molecule has 4 heteroatoms. The summed E-state index contributed by atoms with van der Waals surface area (Å²) in [5, 5.41) is 4.13. The van der Waals surface area contributed by atoms with Crippen LogP contribution in [0, 0.1) is 27.7 Å². The number of rotatable bonds is 0. The summed E-state index contributed by atoms with van der Waals surface area (Å²) in [6, 6.07) is 0. The van der Waals surface area contributed by atoms with E-state index in [-0.39, 0.29) is 0 Å². The maximum atomic E-state index is 4.40. The van der Waals surface area contributed by atoms with Crippen LogP contribution in [0.3, 0.4) is 0 Å². The Morgan fingerprint density at radius 2 is 1.62 bits per heavy atom. The number of hydrogen-bond acceptors (Lipinski definition) is 3. The second kappa shape index (κ2) is 7.91. The van der Waals surface area contributed by atoms with Crippen LogP contribution in [0.15, 0.2) is 6.20 Å². The van der Waals surface area contributed by atoms with Gasteiger partial charge in [-0.15, -0.1) is 0 Å². The molecule has 0 spiro atoms. The Kier molecular flexibility index (Phi) is 6.53. The molecular weight excluding hydrogens is 260 g/mol. The normalized spacial score (nSPS) is 12.0. The van der Waals surface area contributed by atoms with Crippen molar-refractivity contribution in [3.8, 4) is 0 Å². The molecule has 0 saturated carbocycles. The van der Waals surface area contributed by atoms with E-state index < -0.39 is 0 Å². The Balaban J connectivity index is 0.000000196. The second-order valence-electron chi connectivity index (χ2n) is 5.21. The van der Waals surface area contributed by atoms with Crippen molar-refractivity contribution in [2.45, 2.75) is 60.8 Å². The Morgan fingerprint density at radius 1 is 0.952 bits per heavy atom. The molecule has 0 amide bonds. The van der Waals surface area contributed by atoms with E-state index in [4.69, 9.17) is 0 Å². The molecule has 2 aromatic heterocycles. The minimum Gasteiger partial charge on any atom is -0.275 e. The van der Waals surface area contributed by atoms with Crippen LogP contribution in [0.2, 0.25) is 0 Å². The molecule has 0 bridgehead atoms. The summed E-state index contributed by atoms with van der Waals surface area (Å²) in [4.78, 5) is 8.74. The summed E-state index contributed by atoms with van der Waals surface area (Å²) in [5.41, 5.74) is 6.25. The molecule has 2 heterocycles. The molecule has 0 radical (unpaired) electrons. The van der Waals surface area contributed by atoms with Crippen LogP contribution in [-0.4, -0.2) is 19.7 Å². The van der Waals surface area contributed by atoms with Crippen molar-refractivity contribution in [2.75, 3.05) is 0 Å². The molecule has 0 saturated heterocycles. The van der Waals surface area contributed by atoms with Crippen LogP contribution in [0.5, 0.6) is 0 Å². The third-order valence-electron chi connectivity index (χ3n) is 3.51. The quantitative estimate of drug-likeness (QED) is 0.743. The molecule has 21 heavy (non-hydrogen) atoms. The summed E-state index contributed by atoms with van der Waals surface area (Å²) in [5.74, 6) is 0.920. The van der Waals surface area contributed by atoms with Crippen molar-refractivity contribution >= 4 is 0 Å². The Hall–Kier alpha value is -1.71. The number of aryl methyl sites for hydroxylation is 6. The molecule has 116 valence electrons. The lowest BCUT2D eigenvalue weighted by Gasteiger charge is -2.02. The molecule has 0 aromatic carbocycles. The van der Waals surface area contributed by atoms with Crippen molar-refractivity contribution < 1.29 is 0 Å². The van der Waals surface area contributed by atoms with Gasteiger partial charge in [0.15, 0.2) is 0 Å². The average molecular weight is 288 g/mol. The summed E-state index contributed by atoms with van der Waals surface area (Å²) >= 11 is 0. The molecule has 3 rings (SSSR count). The van der Waals surface area contributed by atoms with Crippen LogP contribution >= 0.6 is 0 Å². The first kappa shape index (κ1) is 17.3. The SMILES string of the molecule is CC.Cc1cn(C)nc1C.Cc1nc(C)c2c(n1)CCC2. The molecule has 1 aliphatic rings. The molecule has 0 fully saturated rings. The van der Waals surface area contributed by atoms with Crippen molar-refractivity contribution in [1.29, 1.82) is 0 Å². The topological polar surface area (TPSA) is 43.6 Å². The smallest absolute Gasteiger partial charge is 0.125 e. The molecule has 1 aliphatic carbocycles. The second-order valence-corrected chi connectivity index (χ2v) is 5.21. The predicted octanol–water partition coefficient (Wildman–Crippen LogP) is 3.65. The van der Waals surface area contributed by atoms with Crippen LogP contribution < -0.4 is 0 Å². The third-order valence-corrected chi connectivity index (χ3v) is 3.51. The van der Waals surface area contributed by atoms with E-state index in [2.05, 4.69) is 28.9 Å². The zero-order valence-corrected chi connectivity index (χ0v) is 14.5. The van der Waals surface area contributed by atoms with Crippen molar-refractivity contribution in [3.63, 3.8) is 0 Å². The van der Waals surface area contributed by atoms with Gasteiger partial charge in [-0.3, -0.25) is 4.68 Å². The minimum absolute atomic E-state index is 0.920. The van der Waals surface area contributed by atoms with Crippen LogP contribution in [-0.2, 0) is 19.9 Å². The van der Waals surface area contributed by atoms with Crippen LogP contribution in [0.25, 0.3) is 0 Å². The van der Waals surface area contributed by atoms with Gasteiger partial charge in [-0.25, -0.2) is 9.97 Å². The number of hydrogen-bond donors (Lipinski definition) is 0. The lowest BCUT2D eigenvalue weighted by atomic mass is 10.2. The van der Waals surface area contributed by atoms with Gasteiger partial charge in [-0.05, 0) is 58.1 Å². The van der Waals surface area contributed by atoms with E-state index in [1.54, 1.807) is 0 Å². The van der Waals surface area contributed by atoms with Crippen molar-refractivity contribution in [3.05, 3.63) is 40.2 Å². The number of aromatic nitrogens is 4. The maximum absolute atomic E-state index is 4.40. The van der Waals surface area contributed by atoms with Gasteiger partial charge in [0.05, 0.1) is 5.69 Å². The molecule has 0 aliphatic heterocycles. The molecule has 0 unspecified atom stereocenters. The van der Waals surface area contributed by atoms with Gasteiger partial charge in [0.25, 0.3) is 0 Å². The number of fused-ring (bicyclic) bond motifs is 1. The summed E-state index contributed by atoms with van der Waals surface area (Å²) < 4.78 is 1.82. The fourth-order valence-electron chi connectivity index (χ4n) is 2.49. The predicted molar refractivity (Wildman–Crippen MR) is 87.6 cm³/mol. The fourth-order valence-corrected chi connectivity index (χ4v) is 2.49. The van der Waals surface area contributed by atoms with Gasteiger partial charge in [-0.2, -0.15) is 5.10 Å². The highest BCUT2D eigenvalue weighted by Crippen LogP contribution is 2.21. The van der Waals surface area contributed by atoms with Gasteiger partial charge < -0.3 is 0 Å². The first-order chi connectivity index (χ1) is 9.97. The van der Waals surface area contributed by atoms with Gasteiger partial charge in [-0.1, -0.05) is 13.8 Å². The lowest BCUT2D eigenvalue weighted by Crippen LogP contribution is -1.98. The molecule has 0 N–H and O–H groups in total. The molecule has 2 aromatic rings. The summed E-state index contributed by atoms with van der Waals surface area (Å²) in [7, 11) is 1.93. The zero-order chi connectivity index (χ0) is 16.0. The standard InChI is InChI=1S/C9H12N2.C6H10N2.C2H6/c1-6-8-4-3-5-9(8)11-7(2)10-6;1-5-4-8(3)7-6(5)2;1-2/h3-5H2,1-2H3;4H,1-3H3;1-2H3. The average Bonchev–Trinajstić information content (AvgIpc) is 3.00. The molecule has 4 nitrogen and oxygen atoms in total. The van der Waals surface area contributed by atoms with E-state index in [1.807, 2.05) is 45.6 Å². The highest BCUT2D eigenvalue weighted by Gasteiger charge is 2.15. The van der Waals surface area contributed by atoms with Gasteiger partial charge in [0, 0.05) is 24.6 Å².